The summed E-state index contributed by atoms with van der Waals surface area (Å²) in [5.74, 6) is -1.29. The van der Waals surface area contributed by atoms with E-state index in [1.807, 2.05) is 0 Å². The number of carbonyl (C=O) groups is 2. The Hall–Kier alpha value is -1.63. The van der Waals surface area contributed by atoms with Gasteiger partial charge in [0.05, 0.1) is 5.92 Å². The Balaban J connectivity index is 1.93. The van der Waals surface area contributed by atoms with E-state index in [1.54, 1.807) is 11.6 Å². The molecular weight excluding hydrogens is 242 g/mol. The van der Waals surface area contributed by atoms with Gasteiger partial charge in [0.1, 0.15) is 0 Å². The summed E-state index contributed by atoms with van der Waals surface area (Å²) in [6.45, 7) is 0.869. The lowest BCUT2D eigenvalue weighted by molar-refractivity contribution is -0.143. The maximum atomic E-state index is 11.8. The molecule has 2 heterocycles. The molecule has 0 radical (unpaired) electrons. The maximum absolute atomic E-state index is 11.8. The molecule has 0 spiro atoms. The molecule has 7 heteroatoms. The van der Waals surface area contributed by atoms with E-state index in [1.165, 1.54) is 16.2 Å². The van der Waals surface area contributed by atoms with Gasteiger partial charge in [0.2, 0.25) is 0 Å². The van der Waals surface area contributed by atoms with Crippen molar-refractivity contribution in [3.63, 3.8) is 0 Å². The maximum Gasteiger partial charge on any atom is 0.323 e. The fraction of sp³-hybridized carbons (Fsp3) is 0.500. The zero-order chi connectivity index (χ0) is 12.3. The third-order valence-corrected chi connectivity index (χ3v) is 3.39. The number of hydrogen-bond donors (Lipinski definition) is 2. The highest BCUT2D eigenvalue weighted by atomic mass is 32.1. The van der Waals surface area contributed by atoms with Crippen molar-refractivity contribution < 1.29 is 14.7 Å². The van der Waals surface area contributed by atoms with Crippen LogP contribution >= 0.6 is 11.3 Å². The van der Waals surface area contributed by atoms with E-state index in [4.69, 9.17) is 5.11 Å². The number of amides is 2. The van der Waals surface area contributed by atoms with Crippen molar-refractivity contribution in [2.75, 3.05) is 18.4 Å². The summed E-state index contributed by atoms with van der Waals surface area (Å²) in [5, 5.41) is 13.9. The lowest BCUT2D eigenvalue weighted by atomic mass is 9.99. The number of rotatable bonds is 2. The molecule has 2 rings (SSSR count). The number of thiazole rings is 1. The number of hydrogen-bond acceptors (Lipinski definition) is 4. The Bertz CT molecular complexity index is 407. The quantitative estimate of drug-likeness (QED) is 0.838. The summed E-state index contributed by atoms with van der Waals surface area (Å²) in [4.78, 5) is 28.2. The van der Waals surface area contributed by atoms with Gasteiger partial charge in [-0.3, -0.25) is 10.1 Å². The summed E-state index contributed by atoms with van der Waals surface area (Å²) in [5.41, 5.74) is 0. The van der Waals surface area contributed by atoms with E-state index < -0.39 is 11.9 Å². The number of nitrogens with one attached hydrogen (secondary N) is 1. The van der Waals surface area contributed by atoms with Gasteiger partial charge in [-0.05, 0) is 12.8 Å². The average molecular weight is 255 g/mol. The predicted octanol–water partition coefficient (Wildman–Crippen LogP) is 1.47. The van der Waals surface area contributed by atoms with Crippen molar-refractivity contribution in [3.8, 4) is 0 Å². The number of urea groups is 1. The highest BCUT2D eigenvalue weighted by Gasteiger charge is 2.28. The van der Waals surface area contributed by atoms with Crippen LogP contribution in [0.25, 0.3) is 0 Å². The molecule has 1 aliphatic heterocycles. The van der Waals surface area contributed by atoms with Crippen molar-refractivity contribution in [2.45, 2.75) is 12.8 Å². The Morgan fingerprint density at radius 1 is 1.59 bits per heavy atom. The van der Waals surface area contributed by atoms with E-state index >= 15 is 0 Å². The Morgan fingerprint density at radius 3 is 3.06 bits per heavy atom. The molecule has 0 saturated carbocycles. The molecule has 6 nitrogen and oxygen atoms in total. The molecule has 2 amide bonds. The van der Waals surface area contributed by atoms with E-state index in [9.17, 15) is 9.59 Å². The van der Waals surface area contributed by atoms with Gasteiger partial charge in [-0.1, -0.05) is 0 Å². The number of nitrogens with zero attached hydrogens (tertiary/aromatic N) is 2. The number of aliphatic carboxylic acids is 1. The SMILES string of the molecule is O=C(O)[C@H]1CCCN(C(=O)Nc2nccs2)C1. The summed E-state index contributed by atoms with van der Waals surface area (Å²) in [6, 6.07) is -0.272. The zero-order valence-electron chi connectivity index (χ0n) is 9.13. The molecule has 2 N–H and O–H groups in total. The number of aromatic nitrogens is 1. The largest absolute Gasteiger partial charge is 0.481 e. The van der Waals surface area contributed by atoms with Gasteiger partial charge < -0.3 is 10.0 Å². The van der Waals surface area contributed by atoms with Crippen LogP contribution in [-0.4, -0.2) is 40.1 Å². The second-order valence-corrected chi connectivity index (χ2v) is 4.79. The molecule has 17 heavy (non-hydrogen) atoms. The van der Waals surface area contributed by atoms with E-state index in [0.29, 0.717) is 18.1 Å². The van der Waals surface area contributed by atoms with Crippen molar-refractivity contribution in [2.24, 2.45) is 5.92 Å². The van der Waals surface area contributed by atoms with E-state index in [0.717, 1.165) is 6.42 Å². The van der Waals surface area contributed by atoms with Crippen molar-refractivity contribution in [1.29, 1.82) is 0 Å². The molecule has 0 bridgehead atoms. The third kappa shape index (κ3) is 2.94. The molecule has 0 unspecified atom stereocenters. The first-order chi connectivity index (χ1) is 8.16. The second-order valence-electron chi connectivity index (χ2n) is 3.89. The third-order valence-electron chi connectivity index (χ3n) is 2.70. The monoisotopic (exact) mass is 255 g/mol. The van der Waals surface area contributed by atoms with Crippen LogP contribution in [0.3, 0.4) is 0 Å². The van der Waals surface area contributed by atoms with Gasteiger partial charge in [0.25, 0.3) is 0 Å². The van der Waals surface area contributed by atoms with Crippen LogP contribution in [0.15, 0.2) is 11.6 Å². The molecule has 1 aliphatic rings. The molecule has 1 atom stereocenters. The fourth-order valence-corrected chi connectivity index (χ4v) is 2.34. The summed E-state index contributed by atoms with van der Waals surface area (Å²) < 4.78 is 0. The predicted molar refractivity (Wildman–Crippen MR) is 63.1 cm³/mol. The van der Waals surface area contributed by atoms with Gasteiger partial charge in [-0.15, -0.1) is 11.3 Å². The lowest BCUT2D eigenvalue weighted by Crippen LogP contribution is -2.44. The summed E-state index contributed by atoms with van der Waals surface area (Å²) in [7, 11) is 0. The van der Waals surface area contributed by atoms with Gasteiger partial charge in [-0.2, -0.15) is 0 Å². The van der Waals surface area contributed by atoms with Crippen LogP contribution in [0.2, 0.25) is 0 Å². The lowest BCUT2D eigenvalue weighted by Gasteiger charge is -2.30. The molecule has 92 valence electrons. The van der Waals surface area contributed by atoms with Crippen LogP contribution < -0.4 is 5.32 Å². The number of piperidine rings is 1. The molecule has 1 aromatic heterocycles. The van der Waals surface area contributed by atoms with Crippen LogP contribution in [0.1, 0.15) is 12.8 Å². The second kappa shape index (κ2) is 5.13. The summed E-state index contributed by atoms with van der Waals surface area (Å²) in [6.07, 6.45) is 2.97. The topological polar surface area (TPSA) is 82.5 Å². The van der Waals surface area contributed by atoms with Gasteiger partial charge in [0.15, 0.2) is 5.13 Å². The van der Waals surface area contributed by atoms with Gasteiger partial charge in [0, 0.05) is 24.7 Å². The Kier molecular flexibility index (Phi) is 3.58. The molecule has 1 fully saturated rings. The fourth-order valence-electron chi connectivity index (χ4n) is 1.82. The number of carbonyl (C=O) groups excluding carboxylic acids is 1. The van der Waals surface area contributed by atoms with Crippen LogP contribution in [0, 0.1) is 5.92 Å². The zero-order valence-corrected chi connectivity index (χ0v) is 9.94. The standard InChI is InChI=1S/C10H13N3O3S/c14-8(15)7-2-1-4-13(6-7)10(16)12-9-11-3-5-17-9/h3,5,7H,1-2,4,6H2,(H,14,15)(H,11,12,16)/t7-/m0/s1. The number of carboxylic acids is 1. The Labute approximate surface area is 102 Å². The summed E-state index contributed by atoms with van der Waals surface area (Å²) >= 11 is 1.34. The van der Waals surface area contributed by atoms with Crippen LogP contribution in [-0.2, 0) is 4.79 Å². The van der Waals surface area contributed by atoms with Crippen molar-refractivity contribution >= 4 is 28.5 Å². The normalized spacial score (nSPS) is 20.0. The molecule has 1 saturated heterocycles. The minimum Gasteiger partial charge on any atom is -0.481 e. The number of carboxylic acid groups (broad SMARTS) is 1. The minimum atomic E-state index is -0.836. The first kappa shape index (κ1) is 11.8. The van der Waals surface area contributed by atoms with Gasteiger partial charge >= 0.3 is 12.0 Å². The Morgan fingerprint density at radius 2 is 2.41 bits per heavy atom. The van der Waals surface area contributed by atoms with E-state index in [-0.39, 0.29) is 12.6 Å². The average Bonchev–Trinajstić information content (AvgIpc) is 2.82. The van der Waals surface area contributed by atoms with Crippen molar-refractivity contribution in [1.82, 2.24) is 9.88 Å². The molecule has 0 aliphatic carbocycles. The molecule has 1 aromatic rings. The van der Waals surface area contributed by atoms with E-state index in [2.05, 4.69) is 10.3 Å². The van der Waals surface area contributed by atoms with Crippen molar-refractivity contribution in [3.05, 3.63) is 11.6 Å². The highest BCUT2D eigenvalue weighted by molar-refractivity contribution is 7.13. The van der Waals surface area contributed by atoms with Crippen LogP contribution in [0.5, 0.6) is 0 Å². The number of likely N-dealkylation sites (tertiary alicyclic amines) is 1. The molecule has 0 aromatic carbocycles. The minimum absolute atomic E-state index is 0.270. The first-order valence-electron chi connectivity index (χ1n) is 5.35. The first-order valence-corrected chi connectivity index (χ1v) is 6.23. The smallest absolute Gasteiger partial charge is 0.323 e. The van der Waals surface area contributed by atoms with Crippen LogP contribution in [0.4, 0.5) is 9.93 Å². The molecular formula is C10H13N3O3S. The number of anilines is 1. The van der Waals surface area contributed by atoms with Gasteiger partial charge in [-0.25, -0.2) is 9.78 Å². The highest BCUT2D eigenvalue weighted by Crippen LogP contribution is 2.18.